The maximum Gasteiger partial charge on any atom is 0.227 e. The lowest BCUT2D eigenvalue weighted by atomic mass is 9.91. The van der Waals surface area contributed by atoms with Gasteiger partial charge in [-0.3, -0.25) is 14.7 Å². The van der Waals surface area contributed by atoms with Crippen LogP contribution in [-0.4, -0.2) is 52.0 Å². The number of hydrogen-bond acceptors (Lipinski definition) is 4. The van der Waals surface area contributed by atoms with E-state index >= 15 is 0 Å². The van der Waals surface area contributed by atoms with Gasteiger partial charge >= 0.3 is 0 Å². The van der Waals surface area contributed by atoms with E-state index in [4.69, 9.17) is 0 Å². The third kappa shape index (κ3) is 5.17. The van der Waals surface area contributed by atoms with Gasteiger partial charge in [-0.2, -0.15) is 0 Å². The van der Waals surface area contributed by atoms with Gasteiger partial charge in [0.05, 0.1) is 5.92 Å². The Morgan fingerprint density at radius 1 is 1.00 bits per heavy atom. The van der Waals surface area contributed by atoms with Crippen molar-refractivity contribution in [1.82, 2.24) is 14.8 Å². The van der Waals surface area contributed by atoms with Crippen molar-refractivity contribution in [3.63, 3.8) is 0 Å². The number of phenolic OH excluding ortho intramolecular Hbond substituents is 1. The number of nitrogens with zero attached hydrogens (tertiary/aromatic N) is 3. The second-order valence-electron chi connectivity index (χ2n) is 8.49. The van der Waals surface area contributed by atoms with Gasteiger partial charge in [0.15, 0.2) is 0 Å². The van der Waals surface area contributed by atoms with Crippen LogP contribution in [0.5, 0.6) is 5.75 Å². The number of para-hydroxylation sites is 1. The Kier molecular flexibility index (Phi) is 7.17. The van der Waals surface area contributed by atoms with Crippen molar-refractivity contribution in [2.45, 2.75) is 26.3 Å². The summed E-state index contributed by atoms with van der Waals surface area (Å²) in [4.78, 5) is 22.1. The minimum absolute atomic E-state index is 0.132. The Balaban J connectivity index is 1.60. The van der Waals surface area contributed by atoms with Crippen LogP contribution in [0.4, 0.5) is 0 Å². The summed E-state index contributed by atoms with van der Waals surface area (Å²) in [5.74, 6) is 0.410. The molecule has 166 valence electrons. The molecule has 2 heterocycles. The number of pyridine rings is 1. The van der Waals surface area contributed by atoms with Crippen LogP contribution in [0.2, 0.25) is 0 Å². The number of carbonyl (C=O) groups excluding carboxylic acids is 1. The molecule has 0 radical (unpaired) electrons. The van der Waals surface area contributed by atoms with E-state index in [9.17, 15) is 9.90 Å². The fourth-order valence-electron chi connectivity index (χ4n) is 4.55. The summed E-state index contributed by atoms with van der Waals surface area (Å²) >= 11 is 0. The van der Waals surface area contributed by atoms with Crippen LogP contribution in [0, 0.1) is 5.92 Å². The number of phenols is 1. The SMILES string of the molecule is CCCN1CCN(Cc2ccccc2O)C[C@@H](Cc2ccccc2-c2cccnc2)C1=O. The summed E-state index contributed by atoms with van der Waals surface area (Å²) in [7, 11) is 0. The zero-order chi connectivity index (χ0) is 22.3. The smallest absolute Gasteiger partial charge is 0.227 e. The summed E-state index contributed by atoms with van der Waals surface area (Å²) in [6.07, 6.45) is 5.29. The Bertz CT molecular complexity index is 1040. The van der Waals surface area contributed by atoms with Crippen LogP contribution in [0.1, 0.15) is 24.5 Å². The number of hydrogen-bond donors (Lipinski definition) is 1. The number of amides is 1. The van der Waals surface area contributed by atoms with Crippen molar-refractivity contribution >= 4 is 5.91 Å². The molecule has 1 atom stereocenters. The second-order valence-corrected chi connectivity index (χ2v) is 8.49. The number of rotatable bonds is 7. The molecule has 3 aromatic rings. The fraction of sp³-hybridized carbons (Fsp3) is 0.333. The topological polar surface area (TPSA) is 56.7 Å². The van der Waals surface area contributed by atoms with Crippen LogP contribution in [-0.2, 0) is 17.8 Å². The highest BCUT2D eigenvalue weighted by Gasteiger charge is 2.31. The summed E-state index contributed by atoms with van der Waals surface area (Å²) in [5.41, 5.74) is 4.27. The predicted molar refractivity (Wildman–Crippen MR) is 127 cm³/mol. The molecule has 1 saturated heterocycles. The van der Waals surface area contributed by atoms with E-state index in [-0.39, 0.29) is 11.8 Å². The first kappa shape index (κ1) is 22.0. The van der Waals surface area contributed by atoms with Crippen LogP contribution < -0.4 is 0 Å². The summed E-state index contributed by atoms with van der Waals surface area (Å²) in [5, 5.41) is 10.3. The first-order valence-corrected chi connectivity index (χ1v) is 11.4. The molecule has 0 saturated carbocycles. The molecule has 0 aliphatic carbocycles. The minimum Gasteiger partial charge on any atom is -0.508 e. The minimum atomic E-state index is -0.132. The first-order chi connectivity index (χ1) is 15.7. The highest BCUT2D eigenvalue weighted by Crippen LogP contribution is 2.27. The highest BCUT2D eigenvalue weighted by molar-refractivity contribution is 5.80. The molecule has 1 fully saturated rings. The van der Waals surface area contributed by atoms with Gasteiger partial charge in [0.25, 0.3) is 0 Å². The maximum atomic E-state index is 13.5. The molecule has 1 N–H and O–H groups in total. The number of carbonyl (C=O) groups is 1. The number of benzene rings is 2. The van der Waals surface area contributed by atoms with Crippen molar-refractivity contribution < 1.29 is 9.90 Å². The molecule has 5 nitrogen and oxygen atoms in total. The van der Waals surface area contributed by atoms with Crippen LogP contribution in [0.15, 0.2) is 73.1 Å². The van der Waals surface area contributed by atoms with Crippen LogP contribution in [0.25, 0.3) is 11.1 Å². The molecule has 5 heteroatoms. The van der Waals surface area contributed by atoms with Gasteiger partial charge in [-0.1, -0.05) is 55.5 Å². The highest BCUT2D eigenvalue weighted by atomic mass is 16.3. The summed E-state index contributed by atoms with van der Waals surface area (Å²) < 4.78 is 0. The van der Waals surface area contributed by atoms with Crippen molar-refractivity contribution in [3.8, 4) is 16.9 Å². The molecule has 2 aromatic carbocycles. The first-order valence-electron chi connectivity index (χ1n) is 11.4. The lowest BCUT2D eigenvalue weighted by Crippen LogP contribution is -2.37. The van der Waals surface area contributed by atoms with Gasteiger partial charge in [-0.15, -0.1) is 0 Å². The molecule has 1 aliphatic heterocycles. The molecule has 1 aliphatic rings. The quantitative estimate of drug-likeness (QED) is 0.606. The third-order valence-corrected chi connectivity index (χ3v) is 6.16. The Morgan fingerprint density at radius 3 is 2.53 bits per heavy atom. The molecular formula is C27H31N3O2. The van der Waals surface area contributed by atoms with E-state index in [0.29, 0.717) is 25.3 Å². The number of aromatic nitrogens is 1. The fourth-order valence-corrected chi connectivity index (χ4v) is 4.55. The van der Waals surface area contributed by atoms with Gasteiger partial charge in [0.2, 0.25) is 5.91 Å². The van der Waals surface area contributed by atoms with Gasteiger partial charge in [-0.05, 0) is 36.1 Å². The average molecular weight is 430 g/mol. The zero-order valence-electron chi connectivity index (χ0n) is 18.7. The average Bonchev–Trinajstić information content (AvgIpc) is 2.96. The monoisotopic (exact) mass is 429 g/mol. The maximum absolute atomic E-state index is 13.5. The standard InChI is InChI=1S/C27H31N3O2/c1-2-14-30-16-15-29(19-23-9-4-6-12-26(23)31)20-24(27(30)32)17-21-8-3-5-11-25(21)22-10-7-13-28-18-22/h3-13,18,24,31H,2,14-17,19-20H2,1H3/t24-/m1/s1. The van der Waals surface area contributed by atoms with E-state index in [2.05, 4.69) is 35.0 Å². The van der Waals surface area contributed by atoms with E-state index in [1.807, 2.05) is 47.5 Å². The molecular weight excluding hydrogens is 398 g/mol. The molecule has 1 amide bonds. The van der Waals surface area contributed by atoms with E-state index in [0.717, 1.165) is 42.7 Å². The van der Waals surface area contributed by atoms with Gasteiger partial charge < -0.3 is 10.0 Å². The molecule has 1 aromatic heterocycles. The lowest BCUT2D eigenvalue weighted by Gasteiger charge is -2.25. The molecule has 4 rings (SSSR count). The number of aromatic hydroxyl groups is 1. The van der Waals surface area contributed by atoms with Crippen molar-refractivity contribution in [2.75, 3.05) is 26.2 Å². The zero-order valence-corrected chi connectivity index (χ0v) is 18.7. The summed E-state index contributed by atoms with van der Waals surface area (Å²) in [6, 6.07) is 19.8. The van der Waals surface area contributed by atoms with E-state index in [1.165, 1.54) is 5.56 Å². The predicted octanol–water partition coefficient (Wildman–Crippen LogP) is 4.37. The normalized spacial score (nSPS) is 17.3. The Hall–Kier alpha value is -3.18. The molecule has 32 heavy (non-hydrogen) atoms. The van der Waals surface area contributed by atoms with Gasteiger partial charge in [0.1, 0.15) is 5.75 Å². The van der Waals surface area contributed by atoms with Crippen molar-refractivity contribution in [2.24, 2.45) is 5.92 Å². The van der Waals surface area contributed by atoms with Crippen molar-refractivity contribution in [1.29, 1.82) is 0 Å². The largest absolute Gasteiger partial charge is 0.508 e. The van der Waals surface area contributed by atoms with Crippen molar-refractivity contribution in [3.05, 3.63) is 84.2 Å². The molecule has 0 bridgehead atoms. The van der Waals surface area contributed by atoms with Crippen LogP contribution in [0.3, 0.4) is 0 Å². The van der Waals surface area contributed by atoms with E-state index in [1.54, 1.807) is 12.3 Å². The van der Waals surface area contributed by atoms with E-state index < -0.39 is 0 Å². The third-order valence-electron chi connectivity index (χ3n) is 6.16. The van der Waals surface area contributed by atoms with Gasteiger partial charge in [-0.25, -0.2) is 0 Å². The van der Waals surface area contributed by atoms with Gasteiger partial charge in [0, 0.05) is 56.2 Å². The Morgan fingerprint density at radius 2 is 1.78 bits per heavy atom. The Labute approximate surface area is 190 Å². The molecule has 0 spiro atoms. The summed E-state index contributed by atoms with van der Waals surface area (Å²) in [6.45, 7) is 5.74. The van der Waals surface area contributed by atoms with Crippen LogP contribution >= 0.6 is 0 Å². The second kappa shape index (κ2) is 10.4. The lowest BCUT2D eigenvalue weighted by molar-refractivity contribution is -0.134. The molecule has 0 unspecified atom stereocenters.